The molecule has 0 saturated heterocycles. The van der Waals surface area contributed by atoms with Crippen molar-refractivity contribution in [3.63, 3.8) is 0 Å². The first-order valence-electron chi connectivity index (χ1n) is 7.40. The maximum atomic E-state index is 10.6. The lowest BCUT2D eigenvalue weighted by atomic mass is 10.1. The molecule has 1 rings (SSSR count). The minimum Gasteiger partial charge on any atom is -0.550 e. The summed E-state index contributed by atoms with van der Waals surface area (Å²) in [7, 11) is 3.11. The lowest BCUT2D eigenvalue weighted by molar-refractivity contribution is -0.899. The van der Waals surface area contributed by atoms with E-state index in [2.05, 4.69) is 0 Å². The Morgan fingerprint density at radius 3 is 2.00 bits per heavy atom. The molecule has 0 spiro atoms. The standard InChI is InChI=1S/C16H23NO6/c1-22-13-4-3-12(11-14(13)23-2)5-8-17(9-6-15(18)19)10-7-16(20)21/h3-4,11H,5-10H2,1-2H3,(H,18,19)(H,20,21)/p-1. The molecule has 128 valence electrons. The van der Waals surface area contributed by atoms with Gasteiger partial charge in [-0.2, -0.15) is 0 Å². The second-order valence-corrected chi connectivity index (χ2v) is 5.18. The molecule has 7 heteroatoms. The molecular weight excluding hydrogens is 302 g/mol. The summed E-state index contributed by atoms with van der Waals surface area (Å²) in [6.45, 7) is 1.25. The first-order valence-corrected chi connectivity index (χ1v) is 7.40. The Balaban J connectivity index is 2.64. The third kappa shape index (κ3) is 7.01. The quantitative estimate of drug-likeness (QED) is 0.479. The Morgan fingerprint density at radius 1 is 0.957 bits per heavy atom. The predicted molar refractivity (Wildman–Crippen MR) is 78.1 cm³/mol. The van der Waals surface area contributed by atoms with Gasteiger partial charge in [-0.25, -0.2) is 0 Å². The monoisotopic (exact) mass is 324 g/mol. The van der Waals surface area contributed by atoms with Gasteiger partial charge >= 0.3 is 0 Å². The second kappa shape index (κ2) is 9.68. The van der Waals surface area contributed by atoms with Gasteiger partial charge in [0.2, 0.25) is 0 Å². The number of carbonyl (C=O) groups is 2. The maximum Gasteiger partial charge on any atom is 0.160 e. The van der Waals surface area contributed by atoms with Gasteiger partial charge in [-0.3, -0.25) is 0 Å². The molecule has 0 fully saturated rings. The van der Waals surface area contributed by atoms with Crippen LogP contribution < -0.4 is 24.6 Å². The van der Waals surface area contributed by atoms with Crippen molar-refractivity contribution in [2.45, 2.75) is 19.3 Å². The van der Waals surface area contributed by atoms with Crippen LogP contribution in [0.2, 0.25) is 0 Å². The van der Waals surface area contributed by atoms with Crippen molar-refractivity contribution >= 4 is 11.9 Å². The van der Waals surface area contributed by atoms with E-state index in [4.69, 9.17) is 9.47 Å². The second-order valence-electron chi connectivity index (χ2n) is 5.18. The van der Waals surface area contributed by atoms with Crippen LogP contribution in [0.15, 0.2) is 18.2 Å². The van der Waals surface area contributed by atoms with E-state index in [-0.39, 0.29) is 12.8 Å². The van der Waals surface area contributed by atoms with E-state index >= 15 is 0 Å². The highest BCUT2D eigenvalue weighted by atomic mass is 16.5. The van der Waals surface area contributed by atoms with Crippen LogP contribution in [-0.2, 0) is 16.0 Å². The number of quaternary nitrogens is 1. The van der Waals surface area contributed by atoms with E-state index in [0.717, 1.165) is 10.5 Å². The van der Waals surface area contributed by atoms with E-state index in [0.29, 0.717) is 37.6 Å². The van der Waals surface area contributed by atoms with Crippen molar-refractivity contribution in [1.82, 2.24) is 0 Å². The number of carboxylic acids is 2. The number of rotatable bonds is 11. The smallest absolute Gasteiger partial charge is 0.160 e. The Morgan fingerprint density at radius 2 is 1.52 bits per heavy atom. The molecular formula is C16H22NO6-. The zero-order valence-corrected chi connectivity index (χ0v) is 13.4. The third-order valence-corrected chi connectivity index (χ3v) is 3.58. The fourth-order valence-electron chi connectivity index (χ4n) is 2.29. The Bertz CT molecular complexity index is 513. The molecule has 0 unspecified atom stereocenters. The van der Waals surface area contributed by atoms with Gasteiger partial charge in [0.25, 0.3) is 0 Å². The van der Waals surface area contributed by atoms with Crippen molar-refractivity contribution in [2.24, 2.45) is 0 Å². The lowest BCUT2D eigenvalue weighted by Gasteiger charge is -2.20. The van der Waals surface area contributed by atoms with Crippen molar-refractivity contribution in [3.05, 3.63) is 23.8 Å². The van der Waals surface area contributed by atoms with Gasteiger partial charge in [0.05, 0.1) is 33.9 Å². The van der Waals surface area contributed by atoms with Crippen LogP contribution in [0.3, 0.4) is 0 Å². The molecule has 0 bridgehead atoms. The summed E-state index contributed by atoms with van der Waals surface area (Å²) in [5, 5.41) is 21.2. The number of carboxylic acid groups (broad SMARTS) is 2. The van der Waals surface area contributed by atoms with Crippen LogP contribution in [0.4, 0.5) is 0 Å². The summed E-state index contributed by atoms with van der Waals surface area (Å²) in [4.78, 5) is 22.1. The summed E-state index contributed by atoms with van der Waals surface area (Å²) in [5.74, 6) is -1.02. The molecule has 1 N–H and O–H groups in total. The van der Waals surface area contributed by atoms with Crippen molar-refractivity contribution in [3.8, 4) is 11.5 Å². The Hall–Kier alpha value is -2.28. The van der Waals surface area contributed by atoms with Gasteiger partial charge in [0.1, 0.15) is 0 Å². The molecule has 23 heavy (non-hydrogen) atoms. The number of carbonyl (C=O) groups excluding carboxylic acids is 2. The molecule has 0 radical (unpaired) electrons. The number of aliphatic carboxylic acids is 2. The number of hydrogen-bond acceptors (Lipinski definition) is 6. The number of nitrogens with one attached hydrogen (secondary N) is 1. The molecule has 0 saturated carbocycles. The van der Waals surface area contributed by atoms with Crippen molar-refractivity contribution in [1.29, 1.82) is 0 Å². The van der Waals surface area contributed by atoms with E-state index in [1.807, 2.05) is 12.1 Å². The van der Waals surface area contributed by atoms with Gasteiger partial charge in [-0.15, -0.1) is 0 Å². The SMILES string of the molecule is COc1ccc(CC[NH+](CCC(=O)[O-])CCC(=O)[O-])cc1OC. The highest BCUT2D eigenvalue weighted by Crippen LogP contribution is 2.27. The lowest BCUT2D eigenvalue weighted by Crippen LogP contribution is -3.12. The number of ether oxygens (including phenoxy) is 2. The average Bonchev–Trinajstić information content (AvgIpc) is 2.53. The molecule has 7 nitrogen and oxygen atoms in total. The van der Waals surface area contributed by atoms with E-state index in [9.17, 15) is 19.8 Å². The van der Waals surface area contributed by atoms with Crippen molar-refractivity contribution < 1.29 is 34.2 Å². The first kappa shape index (κ1) is 18.8. The largest absolute Gasteiger partial charge is 0.550 e. The van der Waals surface area contributed by atoms with Crippen LogP contribution in [0.1, 0.15) is 18.4 Å². The van der Waals surface area contributed by atoms with Gasteiger partial charge in [-0.05, 0) is 17.7 Å². The normalized spacial score (nSPS) is 10.6. The average molecular weight is 324 g/mol. The van der Waals surface area contributed by atoms with E-state index < -0.39 is 11.9 Å². The van der Waals surface area contributed by atoms with Gasteiger partial charge < -0.3 is 34.2 Å². The molecule has 1 aromatic rings. The van der Waals surface area contributed by atoms with Crippen LogP contribution in [-0.4, -0.2) is 45.8 Å². The van der Waals surface area contributed by atoms with Crippen LogP contribution >= 0.6 is 0 Å². The molecule has 0 aliphatic rings. The van der Waals surface area contributed by atoms with Crippen LogP contribution in [0.25, 0.3) is 0 Å². The highest BCUT2D eigenvalue weighted by Gasteiger charge is 2.11. The Kier molecular flexibility index (Phi) is 7.90. The predicted octanol–water partition coefficient (Wildman–Crippen LogP) is -2.59. The minimum atomic E-state index is -1.14. The summed E-state index contributed by atoms with van der Waals surface area (Å²) < 4.78 is 10.4. The van der Waals surface area contributed by atoms with Crippen LogP contribution in [0, 0.1) is 0 Å². The topological polar surface area (TPSA) is 103 Å². The molecule has 0 amide bonds. The fraction of sp³-hybridized carbons (Fsp3) is 0.500. The first-order chi connectivity index (χ1) is 11.0. The number of hydrogen-bond donors (Lipinski definition) is 1. The number of methoxy groups -OCH3 is 2. The van der Waals surface area contributed by atoms with Crippen molar-refractivity contribution in [2.75, 3.05) is 33.9 Å². The summed E-state index contributed by atoms with van der Waals surface area (Å²) >= 11 is 0. The summed E-state index contributed by atoms with van der Waals surface area (Å²) in [5.41, 5.74) is 1.00. The van der Waals surface area contributed by atoms with E-state index in [1.54, 1.807) is 20.3 Å². The minimum absolute atomic E-state index is 0.103. The summed E-state index contributed by atoms with van der Waals surface area (Å²) in [6, 6.07) is 5.56. The van der Waals surface area contributed by atoms with Gasteiger partial charge in [0, 0.05) is 31.2 Å². The molecule has 0 atom stereocenters. The van der Waals surface area contributed by atoms with Crippen LogP contribution in [0.5, 0.6) is 11.5 Å². The number of benzene rings is 1. The highest BCUT2D eigenvalue weighted by molar-refractivity contribution is 5.64. The molecule has 0 aromatic heterocycles. The Labute approximate surface area is 135 Å². The third-order valence-electron chi connectivity index (χ3n) is 3.58. The molecule has 0 aliphatic heterocycles. The molecule has 0 aliphatic carbocycles. The van der Waals surface area contributed by atoms with E-state index in [1.165, 1.54) is 0 Å². The van der Waals surface area contributed by atoms with Gasteiger partial charge in [-0.1, -0.05) is 6.07 Å². The van der Waals surface area contributed by atoms with Gasteiger partial charge in [0.15, 0.2) is 11.5 Å². The maximum absolute atomic E-state index is 10.6. The summed E-state index contributed by atoms with van der Waals surface area (Å²) in [6.07, 6.45) is 0.457. The molecule has 1 aromatic carbocycles. The zero-order chi connectivity index (χ0) is 17.2. The molecule has 0 heterocycles. The fourth-order valence-corrected chi connectivity index (χ4v) is 2.29. The zero-order valence-electron chi connectivity index (χ0n) is 13.4.